The van der Waals surface area contributed by atoms with Gasteiger partial charge in [-0.05, 0) is 97.1 Å². The van der Waals surface area contributed by atoms with Gasteiger partial charge in [-0.3, -0.25) is 9.59 Å². The molecule has 14 heteroatoms. The van der Waals surface area contributed by atoms with Crippen LogP contribution in [0.1, 0.15) is 41.4 Å². The van der Waals surface area contributed by atoms with Crippen LogP contribution < -0.4 is 39.0 Å². The third kappa shape index (κ3) is 12.5. The average Bonchev–Trinajstić information content (AvgIpc) is 3.16. The largest absolute Gasteiger partial charge is 1.00 e. The third-order valence-electron chi connectivity index (χ3n) is 7.23. The molecule has 0 radical (unpaired) electrons. The summed E-state index contributed by atoms with van der Waals surface area (Å²) in [7, 11) is 1.28. The van der Waals surface area contributed by atoms with Gasteiger partial charge in [0.05, 0.1) is 7.11 Å². The third-order valence-corrected chi connectivity index (χ3v) is 7.70. The number of para-hydroxylation sites is 2. The first-order chi connectivity index (χ1) is 25.6. The van der Waals surface area contributed by atoms with Crippen LogP contribution in [0.4, 0.5) is 11.4 Å². The number of esters is 1. The van der Waals surface area contributed by atoms with Crippen molar-refractivity contribution in [2.75, 3.05) is 17.7 Å². The molecule has 4 N–H and O–H groups in total. The van der Waals surface area contributed by atoms with Crippen LogP contribution in [-0.2, 0) is 4.74 Å². The Balaban J connectivity index is 0.000000285. The van der Waals surface area contributed by atoms with Crippen LogP contribution in [0.2, 0.25) is 10.0 Å². The molecular weight excluding hydrogens is 742 g/mol. The molecule has 6 aromatic carbocycles. The van der Waals surface area contributed by atoms with Gasteiger partial charge in [0, 0.05) is 32.5 Å². The number of halogens is 2. The van der Waals surface area contributed by atoms with E-state index in [2.05, 4.69) is 10.6 Å². The second-order valence-corrected chi connectivity index (χ2v) is 11.9. The predicted octanol–water partition coefficient (Wildman–Crippen LogP) is 7.08. The smallest absolute Gasteiger partial charge is 0.870 e. The number of hydrogen-bond donors (Lipinski definition) is 3. The molecule has 0 aromatic heterocycles. The Labute approximate surface area is 338 Å². The molecule has 0 aliphatic carbocycles. The van der Waals surface area contributed by atoms with E-state index in [1.807, 2.05) is 24.3 Å². The number of benzene rings is 6. The first-order valence-electron chi connectivity index (χ1n) is 15.8. The van der Waals surface area contributed by atoms with Crippen LogP contribution in [0.15, 0.2) is 146 Å². The van der Waals surface area contributed by atoms with Gasteiger partial charge in [0.25, 0.3) is 11.8 Å². The second-order valence-electron chi connectivity index (χ2n) is 11.0. The minimum Gasteiger partial charge on any atom is -0.870 e. The Morgan fingerprint density at radius 1 is 0.545 bits per heavy atom. The molecule has 0 aliphatic heterocycles. The molecule has 2 amide bonds. The van der Waals surface area contributed by atoms with E-state index in [0.29, 0.717) is 49.8 Å². The molecule has 0 bridgehead atoms. The Bertz CT molecular complexity index is 2260. The van der Waals surface area contributed by atoms with Gasteiger partial charge >= 0.3 is 30.8 Å². The number of methoxy groups -OCH3 is 1. The molecule has 0 atom stereocenters. The molecular formula is C41H31Cl2LiN2O9. The molecule has 0 aliphatic rings. The van der Waals surface area contributed by atoms with Crippen molar-refractivity contribution in [3.8, 4) is 23.0 Å². The summed E-state index contributed by atoms with van der Waals surface area (Å²) in [6.45, 7) is 0. The second kappa shape index (κ2) is 21.0. The van der Waals surface area contributed by atoms with Crippen molar-refractivity contribution in [1.82, 2.24) is 0 Å². The normalized spacial score (nSPS) is 9.80. The number of rotatable bonds is 10. The standard InChI is InChI=1S/C21H16ClNO4.C20H14ClNO4.Li.H2O/c1-26-21(25)18-13-16(23-20(24)14-6-5-7-15(22)12-14)10-11-19(18)27-17-8-3-2-4-9-17;21-14-6-4-5-13(11-14)19(23)22-15-9-10-18(17(12-15)20(24)25)26-16-7-2-1-3-8-16;;/h2-13H,1H3,(H,23,24);1-12H,(H,22,23)(H,24,25);;1H2/q;;+1;/p-1. The van der Waals surface area contributed by atoms with E-state index in [-0.39, 0.29) is 53.0 Å². The van der Waals surface area contributed by atoms with Crippen molar-refractivity contribution in [2.45, 2.75) is 0 Å². The Morgan fingerprint density at radius 2 is 0.964 bits per heavy atom. The van der Waals surface area contributed by atoms with Crippen LogP contribution in [-0.4, -0.2) is 41.4 Å². The Hall–Kier alpha value is -6.06. The summed E-state index contributed by atoms with van der Waals surface area (Å²) >= 11 is 11.8. The summed E-state index contributed by atoms with van der Waals surface area (Å²) in [5.74, 6) is -0.845. The van der Waals surface area contributed by atoms with E-state index in [1.54, 1.807) is 97.1 Å². The summed E-state index contributed by atoms with van der Waals surface area (Å²) in [4.78, 5) is 48.3. The number of hydrogen-bond acceptors (Lipinski definition) is 8. The fraction of sp³-hybridized carbons (Fsp3) is 0.0244. The fourth-order valence-electron chi connectivity index (χ4n) is 4.73. The number of amides is 2. The van der Waals surface area contributed by atoms with Gasteiger partial charge in [-0.1, -0.05) is 71.7 Å². The maximum Gasteiger partial charge on any atom is 1.00 e. The van der Waals surface area contributed by atoms with Gasteiger partial charge < -0.3 is 35.4 Å². The Kier molecular flexibility index (Phi) is 16.5. The van der Waals surface area contributed by atoms with Crippen molar-refractivity contribution < 1.29 is 62.8 Å². The zero-order valence-electron chi connectivity index (χ0n) is 29.4. The van der Waals surface area contributed by atoms with Crippen molar-refractivity contribution >= 4 is 58.3 Å². The number of aromatic carboxylic acids is 1. The Morgan fingerprint density at radius 3 is 1.36 bits per heavy atom. The predicted molar refractivity (Wildman–Crippen MR) is 205 cm³/mol. The number of anilines is 2. The minimum atomic E-state index is -1.16. The van der Waals surface area contributed by atoms with Gasteiger partial charge in [0.2, 0.25) is 0 Å². The molecule has 55 heavy (non-hydrogen) atoms. The molecule has 0 fully saturated rings. The van der Waals surface area contributed by atoms with Crippen LogP contribution in [0.25, 0.3) is 0 Å². The zero-order valence-corrected chi connectivity index (χ0v) is 30.9. The number of carboxylic acid groups (broad SMARTS) is 1. The number of carboxylic acids is 1. The van der Waals surface area contributed by atoms with Crippen LogP contribution in [0.5, 0.6) is 23.0 Å². The summed E-state index contributed by atoms with van der Waals surface area (Å²) in [5.41, 5.74) is 1.70. The summed E-state index contributed by atoms with van der Waals surface area (Å²) in [6.07, 6.45) is 0. The molecule has 274 valence electrons. The molecule has 6 aromatic rings. The molecule has 0 saturated carbocycles. The molecule has 0 spiro atoms. The van der Waals surface area contributed by atoms with Gasteiger partial charge in [-0.2, -0.15) is 0 Å². The summed E-state index contributed by atoms with van der Waals surface area (Å²) in [6, 6.07) is 40.2. The van der Waals surface area contributed by atoms with E-state index in [1.165, 1.54) is 31.4 Å². The average molecular weight is 774 g/mol. The van der Waals surface area contributed by atoms with E-state index in [0.717, 1.165) is 0 Å². The molecule has 6 rings (SSSR count). The SMILES string of the molecule is COC(=O)c1cc(NC(=O)c2cccc(Cl)c2)ccc1Oc1ccccc1.O=C(Nc1ccc(Oc2ccccc2)c(C(=O)O)c1)c1cccc(Cl)c1.[Li+].[OH-]. The van der Waals surface area contributed by atoms with E-state index in [4.69, 9.17) is 37.4 Å². The van der Waals surface area contributed by atoms with Crippen molar-refractivity contribution in [3.63, 3.8) is 0 Å². The van der Waals surface area contributed by atoms with Crippen molar-refractivity contribution in [1.29, 1.82) is 0 Å². The quantitative estimate of drug-likeness (QED) is 0.0973. The minimum absolute atomic E-state index is 0. The van der Waals surface area contributed by atoms with E-state index < -0.39 is 11.9 Å². The van der Waals surface area contributed by atoms with Crippen LogP contribution in [0, 0.1) is 0 Å². The molecule has 0 unspecified atom stereocenters. The van der Waals surface area contributed by atoms with Crippen molar-refractivity contribution in [3.05, 3.63) is 178 Å². The van der Waals surface area contributed by atoms with Crippen molar-refractivity contribution in [2.24, 2.45) is 0 Å². The monoisotopic (exact) mass is 772 g/mol. The number of carbonyl (C=O) groups excluding carboxylic acids is 3. The molecule has 0 heterocycles. The topological polar surface area (TPSA) is 170 Å². The summed E-state index contributed by atoms with van der Waals surface area (Å²) in [5, 5.41) is 15.7. The van der Waals surface area contributed by atoms with E-state index >= 15 is 0 Å². The van der Waals surface area contributed by atoms with Gasteiger partial charge in [-0.15, -0.1) is 0 Å². The molecule has 0 saturated heterocycles. The van der Waals surface area contributed by atoms with Crippen LogP contribution >= 0.6 is 23.2 Å². The first kappa shape index (κ1) is 43.3. The number of ether oxygens (including phenoxy) is 3. The van der Waals surface area contributed by atoms with Gasteiger partial charge in [0.1, 0.15) is 34.1 Å². The van der Waals surface area contributed by atoms with Crippen LogP contribution in [0.3, 0.4) is 0 Å². The fourth-order valence-corrected chi connectivity index (χ4v) is 5.11. The number of nitrogens with one attached hydrogen (secondary N) is 2. The first-order valence-corrected chi connectivity index (χ1v) is 16.5. The zero-order chi connectivity index (χ0) is 37.7. The molecule has 11 nitrogen and oxygen atoms in total. The van der Waals surface area contributed by atoms with Gasteiger partial charge in [0.15, 0.2) is 0 Å². The van der Waals surface area contributed by atoms with Gasteiger partial charge in [-0.25, -0.2) is 9.59 Å². The van der Waals surface area contributed by atoms with E-state index in [9.17, 15) is 24.3 Å². The summed E-state index contributed by atoms with van der Waals surface area (Å²) < 4.78 is 16.2. The number of carbonyl (C=O) groups is 4. The maximum atomic E-state index is 12.4. The maximum absolute atomic E-state index is 12.4.